The topological polar surface area (TPSA) is 290 Å². The fourth-order valence-corrected chi connectivity index (χ4v) is 10.9. The van der Waals surface area contributed by atoms with E-state index < -0.39 is 41.6 Å². The van der Waals surface area contributed by atoms with Gasteiger partial charge in [0.05, 0.1) is 51.0 Å². The van der Waals surface area contributed by atoms with E-state index in [0.717, 1.165) is 42.0 Å². The summed E-state index contributed by atoms with van der Waals surface area (Å²) < 4.78 is 25.2. The maximum Gasteiger partial charge on any atom is 0.315 e. The summed E-state index contributed by atoms with van der Waals surface area (Å²) in [6.07, 6.45) is 11.3. The summed E-state index contributed by atoms with van der Waals surface area (Å²) in [5.41, 5.74) is 11.6. The van der Waals surface area contributed by atoms with Crippen molar-refractivity contribution in [3.05, 3.63) is 93.1 Å². The summed E-state index contributed by atoms with van der Waals surface area (Å²) in [6, 6.07) is 9.20. The second-order valence-electron chi connectivity index (χ2n) is 19.3. The number of azide groups is 1. The highest BCUT2D eigenvalue weighted by Gasteiger charge is 2.43. The van der Waals surface area contributed by atoms with Crippen LogP contribution in [0.15, 0.2) is 65.5 Å². The van der Waals surface area contributed by atoms with Gasteiger partial charge in [0.25, 0.3) is 5.91 Å². The number of urea groups is 1. The zero-order valence-corrected chi connectivity index (χ0v) is 44.8. The lowest BCUT2D eigenvalue weighted by Crippen LogP contribution is -2.49. The Labute approximate surface area is 448 Å². The molecule has 0 saturated carbocycles. The predicted molar refractivity (Wildman–Crippen MR) is 286 cm³/mol. The Morgan fingerprint density at radius 2 is 1.62 bits per heavy atom. The Hall–Kier alpha value is -6.65. The molecule has 2 aromatic rings. The monoisotopic (exact) mass is 1070 g/mol. The minimum atomic E-state index is -1.42. The van der Waals surface area contributed by atoms with Crippen LogP contribution in [0.5, 0.6) is 5.75 Å². The molecule has 3 heterocycles. The molecule has 6 atom stereocenters. The molecule has 6 N–H and O–H groups in total. The van der Waals surface area contributed by atoms with Crippen LogP contribution in [0, 0.1) is 5.92 Å². The van der Waals surface area contributed by atoms with E-state index in [4.69, 9.17) is 24.5 Å². The van der Waals surface area contributed by atoms with Crippen molar-refractivity contribution < 1.29 is 57.4 Å². The first-order valence-corrected chi connectivity index (χ1v) is 27.1. The molecule has 4 aliphatic rings. The molecule has 0 bridgehead atoms. The quantitative estimate of drug-likeness (QED) is 0.0154. The Morgan fingerprint density at radius 1 is 0.895 bits per heavy atom. The summed E-state index contributed by atoms with van der Waals surface area (Å²) in [4.78, 5) is 81.6. The van der Waals surface area contributed by atoms with Gasteiger partial charge < -0.3 is 65.6 Å². The number of carboxylic acid groups (broad SMARTS) is 1. The van der Waals surface area contributed by atoms with Gasteiger partial charge in [-0.2, -0.15) is 11.8 Å². The number of ether oxygens (including phenoxy) is 4. The molecule has 6 rings (SSSR count). The van der Waals surface area contributed by atoms with E-state index in [0.29, 0.717) is 107 Å². The molecule has 22 nitrogen and oxygen atoms in total. The molecule has 6 amide bonds. The van der Waals surface area contributed by atoms with Crippen molar-refractivity contribution in [3.8, 4) is 5.75 Å². The first-order chi connectivity index (χ1) is 36.7. The molecule has 0 spiro atoms. The fraction of sp³-hybridized carbons (Fsp3) is 0.566. The number of carbonyl (C=O) groups excluding carboxylic acids is 6. The van der Waals surface area contributed by atoms with Gasteiger partial charge in [-0.3, -0.25) is 19.2 Å². The van der Waals surface area contributed by atoms with Crippen molar-refractivity contribution in [3.63, 3.8) is 0 Å². The van der Waals surface area contributed by atoms with Crippen LogP contribution in [0.1, 0.15) is 95.5 Å². The average molecular weight is 1070 g/mol. The van der Waals surface area contributed by atoms with Crippen LogP contribution < -0.4 is 46.6 Å². The number of unbranched alkanes of at least 4 members (excludes halogenated alkanes) is 2. The molecule has 23 heteroatoms. The number of hydrogen-bond donors (Lipinski definition) is 6. The number of amides is 6. The number of anilines is 1. The maximum absolute atomic E-state index is 14.1. The van der Waals surface area contributed by atoms with Gasteiger partial charge in [-0.05, 0) is 67.8 Å². The van der Waals surface area contributed by atoms with Crippen LogP contribution in [0.25, 0.3) is 10.4 Å². The van der Waals surface area contributed by atoms with Gasteiger partial charge in [0, 0.05) is 122 Å². The highest BCUT2D eigenvalue weighted by molar-refractivity contribution is 8.00. The Bertz CT molecular complexity index is 2510. The zero-order valence-electron chi connectivity index (χ0n) is 43.9. The lowest BCUT2D eigenvalue weighted by molar-refractivity contribution is -0.462. The van der Waals surface area contributed by atoms with E-state index in [-0.39, 0.29) is 54.7 Å². The van der Waals surface area contributed by atoms with Crippen LogP contribution in [-0.2, 0) is 28.6 Å². The summed E-state index contributed by atoms with van der Waals surface area (Å²) in [6.45, 7) is 3.10. The van der Waals surface area contributed by atoms with Crippen LogP contribution in [0.4, 0.5) is 10.5 Å². The van der Waals surface area contributed by atoms with Crippen LogP contribution in [0.2, 0.25) is 0 Å². The van der Waals surface area contributed by atoms with Gasteiger partial charge in [-0.15, -0.1) is 0 Å². The van der Waals surface area contributed by atoms with E-state index >= 15 is 0 Å². The highest BCUT2D eigenvalue weighted by atomic mass is 32.2. The molecule has 3 aliphatic heterocycles. The number of thioether (sulfide) groups is 1. The summed E-state index contributed by atoms with van der Waals surface area (Å²) >= 11 is 1.88. The van der Waals surface area contributed by atoms with Gasteiger partial charge in [-0.25, -0.2) is 9.37 Å². The van der Waals surface area contributed by atoms with Gasteiger partial charge in [-0.1, -0.05) is 36.2 Å². The lowest BCUT2D eigenvalue weighted by atomic mass is 9.74. The van der Waals surface area contributed by atoms with Gasteiger partial charge >= 0.3 is 6.03 Å². The molecule has 0 radical (unpaired) electrons. The number of allylic oxidation sites excluding steroid dienone is 3. The fourth-order valence-electron chi connectivity index (χ4n) is 9.36. The molecular formula is C53H73N11O11S. The second kappa shape index (κ2) is 30.2. The van der Waals surface area contributed by atoms with Crippen molar-refractivity contribution in [2.24, 2.45) is 11.0 Å². The number of hydrogen-bond acceptors (Lipinski definition) is 14. The SMILES string of the molecule is CN(C)c1ccc2c(c1)OC1=CC(=[N+](C)C)C=CC1C2c1cc(C(=O)N[C@@H](CCCCN=[N+]=[N-])C(=O)NCC(=O)NCCCOCCOCCOCCCNC(=O)CCCC[C@@H]2SC[C@@H]3NC(=O)N[C@@H]32)ccc1C(=O)[O-]. The number of fused-ring (bicyclic) bond motifs is 3. The van der Waals surface area contributed by atoms with E-state index in [1.54, 1.807) is 0 Å². The number of carbonyl (C=O) groups is 6. The van der Waals surface area contributed by atoms with E-state index in [1.807, 2.05) is 85.9 Å². The molecule has 1 aliphatic carbocycles. The molecule has 412 valence electrons. The number of nitrogens with zero attached hydrogens (tertiary/aromatic N) is 5. The zero-order chi connectivity index (χ0) is 54.4. The molecule has 2 aromatic carbocycles. The Kier molecular flexibility index (Phi) is 23.3. The van der Waals surface area contributed by atoms with Gasteiger partial charge in [0.1, 0.15) is 31.6 Å². The molecule has 0 aromatic heterocycles. The summed E-state index contributed by atoms with van der Waals surface area (Å²) in [5.74, 6) is -1.97. The van der Waals surface area contributed by atoms with Crippen molar-refractivity contribution in [1.29, 1.82) is 0 Å². The summed E-state index contributed by atoms with van der Waals surface area (Å²) in [7, 11) is 7.64. The Balaban J connectivity index is 0.880. The standard InChI is InChI=1S/C53H73N11O11S/c1-63(2)35-15-18-38-43(30-35)75-44-31-36(64(3)4)16-19-39(44)48(38)40-29-34(14-17-37(40)52(69)70)50(67)59-41(11-7-8-22-58-62-54)51(68)57-32-47(66)56-21-10-24-73-26-28-74-27-25-72-23-9-20-55-46(65)13-6-5-12-45-49-42(33-76-45)60-53(71)61-49/h14-19,29-31,38,41-42,45,48-49H,5-13,20-28,32-33H2,1-4H3,(H6-,55,56,57,59,60,61,65,66,67,68,69,70,71)/t38?,41-,42-,45-,48?,49-/m0/s1. The van der Waals surface area contributed by atoms with Crippen LogP contribution >= 0.6 is 11.8 Å². The Morgan fingerprint density at radius 3 is 2.32 bits per heavy atom. The van der Waals surface area contributed by atoms with E-state index in [2.05, 4.69) is 41.9 Å². The second-order valence-corrected chi connectivity index (χ2v) is 20.6. The van der Waals surface area contributed by atoms with Crippen molar-refractivity contribution in [1.82, 2.24) is 31.9 Å². The molecular weight excluding hydrogens is 999 g/mol. The molecule has 2 saturated heterocycles. The third-order valence-electron chi connectivity index (χ3n) is 13.4. The maximum atomic E-state index is 14.1. The number of aromatic carboxylic acids is 1. The first-order valence-electron chi connectivity index (χ1n) is 26.1. The van der Waals surface area contributed by atoms with Crippen molar-refractivity contribution >= 4 is 58.8 Å². The number of rotatable bonds is 32. The number of carboxylic acids is 1. The third-order valence-corrected chi connectivity index (χ3v) is 14.9. The normalized spacial score (nSPS) is 19.3. The average Bonchev–Trinajstić information content (AvgIpc) is 3.99. The van der Waals surface area contributed by atoms with Gasteiger partial charge in [0.2, 0.25) is 23.4 Å². The highest BCUT2D eigenvalue weighted by Crippen LogP contribution is 2.49. The van der Waals surface area contributed by atoms with Crippen LogP contribution in [0.3, 0.4) is 0 Å². The largest absolute Gasteiger partial charge is 0.545 e. The minimum Gasteiger partial charge on any atom is -0.545 e. The minimum absolute atomic E-state index is 0.0355. The lowest BCUT2D eigenvalue weighted by Gasteiger charge is -2.36. The summed E-state index contributed by atoms with van der Waals surface area (Å²) in [5, 5.41) is 33.7. The smallest absolute Gasteiger partial charge is 0.315 e. The molecule has 76 heavy (non-hydrogen) atoms. The van der Waals surface area contributed by atoms with Crippen molar-refractivity contribution in [2.75, 3.05) is 105 Å². The molecule has 2 fully saturated rings. The third kappa shape index (κ3) is 17.5. The number of benzene rings is 2. The number of nitrogens with one attached hydrogen (secondary N) is 6. The van der Waals surface area contributed by atoms with Gasteiger partial charge in [0.15, 0.2) is 0 Å². The molecule has 2 unspecified atom stereocenters. The first kappa shape index (κ1) is 58.6. The predicted octanol–water partition coefficient (Wildman–Crippen LogP) is 2.91. The van der Waals surface area contributed by atoms with E-state index in [1.165, 1.54) is 18.2 Å². The van der Waals surface area contributed by atoms with Crippen LogP contribution in [-0.4, -0.2) is 169 Å². The van der Waals surface area contributed by atoms with Crippen molar-refractivity contribution in [2.45, 2.75) is 87.1 Å². The van der Waals surface area contributed by atoms with E-state index in [9.17, 15) is 33.9 Å².